The van der Waals surface area contributed by atoms with E-state index in [1.165, 1.54) is 0 Å². The van der Waals surface area contributed by atoms with Crippen LogP contribution in [-0.2, 0) is 23.0 Å². The molecule has 0 fully saturated rings. The van der Waals surface area contributed by atoms with Gasteiger partial charge in [0.25, 0.3) is 0 Å². The minimum atomic E-state index is -3.31. The van der Waals surface area contributed by atoms with Crippen LogP contribution in [0.3, 0.4) is 0 Å². The summed E-state index contributed by atoms with van der Waals surface area (Å²) in [5.74, 6) is 0.0814. The van der Waals surface area contributed by atoms with E-state index in [-0.39, 0.29) is 12.3 Å². The first-order chi connectivity index (χ1) is 11.1. The first-order valence-electron chi connectivity index (χ1n) is 7.47. The van der Waals surface area contributed by atoms with Crippen molar-refractivity contribution in [1.29, 1.82) is 0 Å². The van der Waals surface area contributed by atoms with Crippen LogP contribution in [0.1, 0.15) is 11.1 Å². The highest BCUT2D eigenvalue weighted by Gasteiger charge is 2.10. The number of nitrogens with zero attached hydrogens (tertiary/aromatic N) is 1. The number of hydrogen-bond acceptors (Lipinski definition) is 3. The molecule has 2 aromatic carbocycles. The van der Waals surface area contributed by atoms with Gasteiger partial charge in [-0.25, -0.2) is 13.1 Å². The van der Waals surface area contributed by atoms with Crippen molar-refractivity contribution >= 4 is 20.9 Å². The van der Waals surface area contributed by atoms with Crippen molar-refractivity contribution in [2.75, 3.05) is 5.75 Å². The lowest BCUT2D eigenvalue weighted by Crippen LogP contribution is -2.26. The lowest BCUT2D eigenvalue weighted by atomic mass is 10.2. The molecule has 0 aliphatic rings. The number of nitrogens with one attached hydrogen (secondary N) is 1. The number of fused-ring (bicyclic) bond motifs is 1. The molecule has 4 nitrogen and oxygen atoms in total. The van der Waals surface area contributed by atoms with Gasteiger partial charge < -0.3 is 0 Å². The van der Waals surface area contributed by atoms with Gasteiger partial charge in [-0.05, 0) is 29.7 Å². The molecule has 0 radical (unpaired) electrons. The number of aryl methyl sites for hydroxylation is 1. The SMILES string of the molecule is O=S(=O)(CCc1ccccc1)NCc1cnc2ccccc2c1. The van der Waals surface area contributed by atoms with Gasteiger partial charge in [-0.15, -0.1) is 0 Å². The Hall–Kier alpha value is -2.24. The third-order valence-electron chi connectivity index (χ3n) is 3.65. The quantitative estimate of drug-likeness (QED) is 0.758. The topological polar surface area (TPSA) is 59.1 Å². The van der Waals surface area contributed by atoms with Crippen LogP contribution in [0.5, 0.6) is 0 Å². The van der Waals surface area contributed by atoms with Crippen molar-refractivity contribution in [1.82, 2.24) is 9.71 Å². The van der Waals surface area contributed by atoms with E-state index in [9.17, 15) is 8.42 Å². The molecule has 1 N–H and O–H groups in total. The highest BCUT2D eigenvalue weighted by Crippen LogP contribution is 2.12. The van der Waals surface area contributed by atoms with E-state index in [1.807, 2.05) is 60.7 Å². The van der Waals surface area contributed by atoms with Gasteiger partial charge in [0.2, 0.25) is 10.0 Å². The standard InChI is InChI=1S/C18H18N2O2S/c21-23(22,11-10-15-6-2-1-3-7-15)20-14-16-12-17-8-4-5-9-18(17)19-13-16/h1-9,12-13,20H,10-11,14H2. The number of benzene rings is 2. The van der Waals surface area contributed by atoms with Gasteiger partial charge in [-0.1, -0.05) is 48.5 Å². The Labute approximate surface area is 136 Å². The fraction of sp³-hybridized carbons (Fsp3) is 0.167. The zero-order valence-electron chi connectivity index (χ0n) is 12.6. The summed E-state index contributed by atoms with van der Waals surface area (Å²) in [6.45, 7) is 0.259. The van der Waals surface area contributed by atoms with E-state index < -0.39 is 10.0 Å². The molecular formula is C18H18N2O2S. The molecule has 3 rings (SSSR count). The zero-order chi connectivity index (χ0) is 16.1. The molecule has 0 aliphatic carbocycles. The first kappa shape index (κ1) is 15.6. The Balaban J connectivity index is 1.61. The number of rotatable bonds is 6. The van der Waals surface area contributed by atoms with Gasteiger partial charge in [0.1, 0.15) is 0 Å². The second kappa shape index (κ2) is 6.89. The van der Waals surface area contributed by atoms with Crippen LogP contribution in [0, 0.1) is 0 Å². The van der Waals surface area contributed by atoms with Crippen LogP contribution in [0.2, 0.25) is 0 Å². The Morgan fingerprint density at radius 2 is 1.65 bits per heavy atom. The Bertz CT molecular complexity index is 893. The Kier molecular flexibility index (Phi) is 4.69. The largest absolute Gasteiger partial charge is 0.256 e. The second-order valence-corrected chi connectivity index (χ2v) is 7.34. The lowest BCUT2D eigenvalue weighted by molar-refractivity contribution is 0.580. The van der Waals surface area contributed by atoms with Crippen LogP contribution in [0.15, 0.2) is 66.9 Å². The molecule has 118 valence electrons. The summed E-state index contributed by atoms with van der Waals surface area (Å²) in [7, 11) is -3.31. The van der Waals surface area contributed by atoms with Gasteiger partial charge in [0.05, 0.1) is 11.3 Å². The number of aromatic nitrogens is 1. The van der Waals surface area contributed by atoms with Crippen LogP contribution in [-0.4, -0.2) is 19.2 Å². The van der Waals surface area contributed by atoms with Gasteiger partial charge in [-0.2, -0.15) is 0 Å². The van der Waals surface area contributed by atoms with Crippen molar-refractivity contribution < 1.29 is 8.42 Å². The van der Waals surface area contributed by atoms with E-state index in [0.29, 0.717) is 6.42 Å². The molecule has 0 amide bonds. The van der Waals surface area contributed by atoms with E-state index in [1.54, 1.807) is 6.20 Å². The molecule has 1 heterocycles. The molecule has 1 aromatic heterocycles. The van der Waals surface area contributed by atoms with Crippen LogP contribution >= 0.6 is 0 Å². The molecule has 0 atom stereocenters. The van der Waals surface area contributed by atoms with Crippen LogP contribution in [0.4, 0.5) is 0 Å². The molecular weight excluding hydrogens is 308 g/mol. The minimum absolute atomic E-state index is 0.0814. The van der Waals surface area contributed by atoms with Crippen molar-refractivity contribution in [2.45, 2.75) is 13.0 Å². The van der Waals surface area contributed by atoms with Crippen molar-refractivity contribution in [3.63, 3.8) is 0 Å². The molecule has 23 heavy (non-hydrogen) atoms. The van der Waals surface area contributed by atoms with E-state index in [2.05, 4.69) is 9.71 Å². The van der Waals surface area contributed by atoms with Crippen LogP contribution in [0.25, 0.3) is 10.9 Å². The van der Waals surface area contributed by atoms with Crippen LogP contribution < -0.4 is 4.72 Å². The maximum absolute atomic E-state index is 12.1. The summed E-state index contributed by atoms with van der Waals surface area (Å²) < 4.78 is 26.9. The highest BCUT2D eigenvalue weighted by molar-refractivity contribution is 7.89. The molecule has 0 saturated carbocycles. The molecule has 3 aromatic rings. The second-order valence-electron chi connectivity index (χ2n) is 5.41. The maximum Gasteiger partial charge on any atom is 0.212 e. The number of hydrogen-bond donors (Lipinski definition) is 1. The zero-order valence-corrected chi connectivity index (χ0v) is 13.5. The predicted molar refractivity (Wildman–Crippen MR) is 92.5 cm³/mol. The molecule has 0 spiro atoms. The third-order valence-corrected chi connectivity index (χ3v) is 4.97. The van der Waals surface area contributed by atoms with Gasteiger partial charge in [0, 0.05) is 18.1 Å². The Morgan fingerprint density at radius 3 is 2.48 bits per heavy atom. The third kappa shape index (κ3) is 4.37. The molecule has 0 unspecified atom stereocenters. The Morgan fingerprint density at radius 1 is 0.913 bits per heavy atom. The number of pyridine rings is 1. The smallest absolute Gasteiger partial charge is 0.212 e. The summed E-state index contributed by atoms with van der Waals surface area (Å²) in [6, 6.07) is 19.3. The maximum atomic E-state index is 12.1. The van der Waals surface area contributed by atoms with Gasteiger partial charge >= 0.3 is 0 Å². The van der Waals surface area contributed by atoms with Crippen molar-refractivity contribution in [3.8, 4) is 0 Å². The fourth-order valence-electron chi connectivity index (χ4n) is 2.38. The lowest BCUT2D eigenvalue weighted by Gasteiger charge is -2.07. The normalized spacial score (nSPS) is 11.7. The summed E-state index contributed by atoms with van der Waals surface area (Å²) in [5, 5.41) is 1.01. The fourth-order valence-corrected chi connectivity index (χ4v) is 3.41. The molecule has 0 aliphatic heterocycles. The predicted octanol–water partition coefficient (Wildman–Crippen LogP) is 2.90. The monoisotopic (exact) mass is 326 g/mol. The highest BCUT2D eigenvalue weighted by atomic mass is 32.2. The van der Waals surface area contributed by atoms with E-state index >= 15 is 0 Å². The number of sulfonamides is 1. The molecule has 0 saturated heterocycles. The molecule has 0 bridgehead atoms. The van der Waals surface area contributed by atoms with Gasteiger partial charge in [-0.3, -0.25) is 4.98 Å². The van der Waals surface area contributed by atoms with Gasteiger partial charge in [0.15, 0.2) is 0 Å². The average Bonchev–Trinajstić information content (AvgIpc) is 2.59. The van der Waals surface area contributed by atoms with E-state index in [0.717, 1.165) is 22.0 Å². The summed E-state index contributed by atoms with van der Waals surface area (Å²) in [5.41, 5.74) is 2.78. The van der Waals surface area contributed by atoms with Crippen molar-refractivity contribution in [2.24, 2.45) is 0 Å². The first-order valence-corrected chi connectivity index (χ1v) is 9.12. The average molecular weight is 326 g/mol. The summed E-state index contributed by atoms with van der Waals surface area (Å²) in [4.78, 5) is 4.34. The van der Waals surface area contributed by atoms with E-state index in [4.69, 9.17) is 0 Å². The summed E-state index contributed by atoms with van der Waals surface area (Å²) in [6.07, 6.45) is 2.22. The van der Waals surface area contributed by atoms with Crippen molar-refractivity contribution in [3.05, 3.63) is 78.0 Å². The number of para-hydroxylation sites is 1. The minimum Gasteiger partial charge on any atom is -0.256 e. The molecule has 5 heteroatoms. The summed E-state index contributed by atoms with van der Waals surface area (Å²) >= 11 is 0.